The number of nitrogens with one attached hydrogen (secondary N) is 3. The summed E-state index contributed by atoms with van der Waals surface area (Å²) in [6.07, 6.45) is 1.52. The van der Waals surface area contributed by atoms with Crippen LogP contribution >= 0.6 is 24.0 Å². The second kappa shape index (κ2) is 14.3. The number of halogens is 1. The number of rotatable bonds is 9. The second-order valence-electron chi connectivity index (χ2n) is 7.22. The molecule has 1 aromatic carbocycles. The lowest BCUT2D eigenvalue weighted by atomic mass is 10.2. The summed E-state index contributed by atoms with van der Waals surface area (Å²) < 4.78 is 10.9. The number of amides is 1. The summed E-state index contributed by atoms with van der Waals surface area (Å²) in [7, 11) is 1.72. The summed E-state index contributed by atoms with van der Waals surface area (Å²) >= 11 is 0. The van der Waals surface area contributed by atoms with Gasteiger partial charge < -0.3 is 25.4 Å². The number of ether oxygens (including phenoxy) is 2. The van der Waals surface area contributed by atoms with Crippen LogP contribution in [0.5, 0.6) is 5.75 Å². The van der Waals surface area contributed by atoms with Crippen molar-refractivity contribution < 1.29 is 14.3 Å². The fourth-order valence-corrected chi connectivity index (χ4v) is 2.14. The molecule has 0 fully saturated rings. The number of benzene rings is 1. The molecule has 0 saturated heterocycles. The van der Waals surface area contributed by atoms with E-state index in [1.54, 1.807) is 7.05 Å². The highest BCUT2D eigenvalue weighted by Gasteiger charge is 2.15. The van der Waals surface area contributed by atoms with Gasteiger partial charge in [-0.2, -0.15) is 0 Å². The molecule has 0 saturated carbocycles. The average Bonchev–Trinajstić information content (AvgIpc) is 2.59. The standard InChI is InChI=1S/C20H34N4O3.HI/c1-16-8-10-17(11-9-16)26-15-7-6-12-22-18(21-5)23-13-14-24-19(25)27-20(2,3)4;/h8-11H,6-7,12-15H2,1-5H3,(H,24,25)(H2,21,22,23);1H. The number of alkyl carbamates (subject to hydrolysis) is 1. The summed E-state index contributed by atoms with van der Waals surface area (Å²) in [6, 6.07) is 8.07. The van der Waals surface area contributed by atoms with Gasteiger partial charge in [0.25, 0.3) is 0 Å². The number of aliphatic imine (C=N–C) groups is 1. The lowest BCUT2D eigenvalue weighted by Crippen LogP contribution is -2.42. The molecule has 8 heteroatoms. The third kappa shape index (κ3) is 13.5. The number of nitrogens with zero attached hydrogens (tertiary/aromatic N) is 1. The fourth-order valence-electron chi connectivity index (χ4n) is 2.14. The number of guanidine groups is 1. The molecule has 0 radical (unpaired) electrons. The molecule has 7 nitrogen and oxygen atoms in total. The number of unbranched alkanes of at least 4 members (excludes halogenated alkanes) is 1. The molecule has 1 aromatic rings. The quantitative estimate of drug-likeness (QED) is 0.207. The van der Waals surface area contributed by atoms with Crippen molar-refractivity contribution in [1.82, 2.24) is 16.0 Å². The topological polar surface area (TPSA) is 84.0 Å². The van der Waals surface area contributed by atoms with Crippen LogP contribution in [0.1, 0.15) is 39.2 Å². The first-order chi connectivity index (χ1) is 12.8. The number of carbonyl (C=O) groups is 1. The van der Waals surface area contributed by atoms with Gasteiger partial charge in [-0.3, -0.25) is 4.99 Å². The van der Waals surface area contributed by atoms with Gasteiger partial charge in [-0.25, -0.2) is 4.79 Å². The van der Waals surface area contributed by atoms with E-state index in [1.807, 2.05) is 45.0 Å². The van der Waals surface area contributed by atoms with Crippen molar-refractivity contribution >= 4 is 36.0 Å². The van der Waals surface area contributed by atoms with Crippen molar-refractivity contribution in [2.75, 3.05) is 33.3 Å². The van der Waals surface area contributed by atoms with Crippen LogP contribution in [0.2, 0.25) is 0 Å². The van der Waals surface area contributed by atoms with Gasteiger partial charge in [0.05, 0.1) is 6.61 Å². The first kappa shape index (κ1) is 26.3. The molecule has 0 heterocycles. The summed E-state index contributed by atoms with van der Waals surface area (Å²) in [5.41, 5.74) is 0.741. The maximum Gasteiger partial charge on any atom is 0.407 e. The van der Waals surface area contributed by atoms with Crippen molar-refractivity contribution in [3.8, 4) is 5.75 Å². The van der Waals surface area contributed by atoms with E-state index in [9.17, 15) is 4.79 Å². The Kier molecular flexibility index (Phi) is 13.4. The molecule has 0 aromatic heterocycles. The number of aryl methyl sites for hydroxylation is 1. The van der Waals surface area contributed by atoms with Gasteiger partial charge >= 0.3 is 6.09 Å². The molecule has 3 N–H and O–H groups in total. The molecule has 0 aliphatic heterocycles. The zero-order valence-corrected chi connectivity index (χ0v) is 20.0. The molecule has 0 bridgehead atoms. The summed E-state index contributed by atoms with van der Waals surface area (Å²) in [6.45, 7) is 10.1. The van der Waals surface area contributed by atoms with Crippen LogP contribution in [-0.4, -0.2) is 50.9 Å². The Hall–Kier alpha value is -1.71. The molecule has 1 amide bonds. The Balaban J connectivity index is 0.00000729. The smallest absolute Gasteiger partial charge is 0.407 e. The van der Waals surface area contributed by atoms with Gasteiger partial charge in [0, 0.05) is 26.7 Å². The van der Waals surface area contributed by atoms with E-state index in [2.05, 4.69) is 27.9 Å². The van der Waals surface area contributed by atoms with Crippen molar-refractivity contribution in [2.24, 2.45) is 4.99 Å². The largest absolute Gasteiger partial charge is 0.494 e. The van der Waals surface area contributed by atoms with E-state index in [0.29, 0.717) is 25.7 Å². The first-order valence-corrected chi connectivity index (χ1v) is 9.41. The van der Waals surface area contributed by atoms with E-state index in [4.69, 9.17) is 9.47 Å². The Bertz CT molecular complexity index is 586. The lowest BCUT2D eigenvalue weighted by Gasteiger charge is -2.19. The third-order valence-electron chi connectivity index (χ3n) is 3.46. The van der Waals surface area contributed by atoms with Crippen molar-refractivity contribution in [3.63, 3.8) is 0 Å². The maximum absolute atomic E-state index is 11.5. The van der Waals surface area contributed by atoms with Crippen LogP contribution in [0, 0.1) is 6.92 Å². The van der Waals surface area contributed by atoms with Gasteiger partial charge in [0.1, 0.15) is 11.4 Å². The van der Waals surface area contributed by atoms with Gasteiger partial charge in [-0.15, -0.1) is 24.0 Å². The van der Waals surface area contributed by atoms with Crippen molar-refractivity contribution in [3.05, 3.63) is 29.8 Å². The zero-order valence-electron chi connectivity index (χ0n) is 17.6. The minimum atomic E-state index is -0.488. The van der Waals surface area contributed by atoms with E-state index in [-0.39, 0.29) is 24.0 Å². The minimum Gasteiger partial charge on any atom is -0.494 e. The minimum absolute atomic E-state index is 0. The summed E-state index contributed by atoms with van der Waals surface area (Å²) in [5.74, 6) is 1.61. The first-order valence-electron chi connectivity index (χ1n) is 9.41. The molecular weight excluding hydrogens is 471 g/mol. The fraction of sp³-hybridized carbons (Fsp3) is 0.600. The van der Waals surface area contributed by atoms with Gasteiger partial charge in [0.2, 0.25) is 0 Å². The van der Waals surface area contributed by atoms with Gasteiger partial charge in [-0.05, 0) is 52.7 Å². The van der Waals surface area contributed by atoms with Crippen LogP contribution in [0.4, 0.5) is 4.79 Å². The molecule has 28 heavy (non-hydrogen) atoms. The Labute approximate surface area is 186 Å². The molecule has 0 aliphatic carbocycles. The third-order valence-corrected chi connectivity index (χ3v) is 3.46. The molecule has 1 rings (SSSR count). The van der Waals surface area contributed by atoms with E-state index in [0.717, 1.165) is 25.1 Å². The highest BCUT2D eigenvalue weighted by molar-refractivity contribution is 14.0. The van der Waals surface area contributed by atoms with Gasteiger partial charge in [0.15, 0.2) is 5.96 Å². The number of carbonyl (C=O) groups excluding carboxylic acids is 1. The monoisotopic (exact) mass is 506 g/mol. The van der Waals surface area contributed by atoms with Crippen molar-refractivity contribution in [2.45, 2.75) is 46.1 Å². The molecule has 0 unspecified atom stereocenters. The number of hydrogen-bond donors (Lipinski definition) is 3. The van der Waals surface area contributed by atoms with E-state index < -0.39 is 11.7 Å². The highest BCUT2D eigenvalue weighted by Crippen LogP contribution is 2.11. The average molecular weight is 506 g/mol. The predicted octanol–water partition coefficient (Wildman–Crippen LogP) is 3.46. The van der Waals surface area contributed by atoms with Crippen LogP contribution in [0.25, 0.3) is 0 Å². The Morgan fingerprint density at radius 1 is 1.00 bits per heavy atom. The Morgan fingerprint density at radius 2 is 1.61 bits per heavy atom. The normalized spacial score (nSPS) is 11.2. The van der Waals surface area contributed by atoms with Crippen molar-refractivity contribution in [1.29, 1.82) is 0 Å². The number of hydrogen-bond acceptors (Lipinski definition) is 4. The lowest BCUT2D eigenvalue weighted by molar-refractivity contribution is 0.0529. The SMILES string of the molecule is CN=C(NCCCCOc1ccc(C)cc1)NCCNC(=O)OC(C)(C)C.I. The molecule has 0 spiro atoms. The van der Waals surface area contributed by atoms with E-state index >= 15 is 0 Å². The molecule has 160 valence electrons. The molecule has 0 atom stereocenters. The highest BCUT2D eigenvalue weighted by atomic mass is 127. The van der Waals surface area contributed by atoms with Crippen LogP contribution < -0.4 is 20.7 Å². The zero-order chi connectivity index (χ0) is 20.1. The Morgan fingerprint density at radius 3 is 2.21 bits per heavy atom. The van der Waals surface area contributed by atoms with Crippen LogP contribution in [0.3, 0.4) is 0 Å². The molecular formula is C20H35IN4O3. The molecule has 0 aliphatic rings. The van der Waals surface area contributed by atoms with Crippen LogP contribution in [0.15, 0.2) is 29.3 Å². The summed E-state index contributed by atoms with van der Waals surface area (Å²) in [4.78, 5) is 15.7. The summed E-state index contributed by atoms with van der Waals surface area (Å²) in [5, 5.41) is 9.09. The van der Waals surface area contributed by atoms with E-state index in [1.165, 1.54) is 5.56 Å². The van der Waals surface area contributed by atoms with Gasteiger partial charge in [-0.1, -0.05) is 17.7 Å². The predicted molar refractivity (Wildman–Crippen MR) is 125 cm³/mol. The second-order valence-corrected chi connectivity index (χ2v) is 7.22. The maximum atomic E-state index is 11.5. The van der Waals surface area contributed by atoms with Crippen LogP contribution in [-0.2, 0) is 4.74 Å².